The van der Waals surface area contributed by atoms with Gasteiger partial charge in [-0.15, -0.1) is 0 Å². The second-order valence-corrected chi connectivity index (χ2v) is 19.5. The first-order valence-corrected chi connectivity index (χ1v) is 25.3. The molecule has 0 aliphatic heterocycles. The van der Waals surface area contributed by atoms with Gasteiger partial charge in [0.2, 0.25) is 0 Å². The maximum absolute atomic E-state index is 12.8. The highest BCUT2D eigenvalue weighted by molar-refractivity contribution is 5.95. The maximum Gasteiger partial charge on any atom is 0.307 e. The van der Waals surface area contributed by atoms with Crippen molar-refractivity contribution in [3.05, 3.63) is 130 Å². The summed E-state index contributed by atoms with van der Waals surface area (Å²) in [5, 5.41) is 18.7. The van der Waals surface area contributed by atoms with Crippen LogP contribution in [0.4, 0.5) is 11.4 Å². The van der Waals surface area contributed by atoms with Crippen molar-refractivity contribution in [1.82, 2.24) is 9.80 Å². The molecular formula is C58H72N4O8. The lowest BCUT2D eigenvalue weighted by molar-refractivity contribution is -0.143. The second-order valence-electron chi connectivity index (χ2n) is 19.5. The van der Waals surface area contributed by atoms with E-state index in [1.807, 2.05) is 36.4 Å². The Bertz CT molecular complexity index is 2730. The lowest BCUT2D eigenvalue weighted by Crippen LogP contribution is -2.29. The number of fused-ring (bicyclic) bond motifs is 2. The Morgan fingerprint density at radius 2 is 1.00 bits per heavy atom. The highest BCUT2D eigenvalue weighted by Crippen LogP contribution is 2.43. The van der Waals surface area contributed by atoms with Crippen LogP contribution in [0.15, 0.2) is 93.8 Å². The number of rotatable bonds is 17. The van der Waals surface area contributed by atoms with Gasteiger partial charge in [-0.3, -0.25) is 19.2 Å². The fraction of sp³-hybridized carbons (Fsp3) is 0.448. The minimum atomic E-state index is -0.913. The molecule has 2 amide bonds. The summed E-state index contributed by atoms with van der Waals surface area (Å²) in [7, 11) is 3.33. The number of anilines is 2. The zero-order valence-corrected chi connectivity index (χ0v) is 42.2. The summed E-state index contributed by atoms with van der Waals surface area (Å²) in [5.41, 5.74) is 9.74. The quantitative estimate of drug-likeness (QED) is 0.0753. The lowest BCUT2D eigenvalue weighted by atomic mass is 9.82. The second kappa shape index (κ2) is 23.8. The van der Waals surface area contributed by atoms with E-state index in [1.165, 1.54) is 89.3 Å². The molecule has 2 aliphatic rings. The number of carboxylic acids is 1. The Labute approximate surface area is 413 Å². The van der Waals surface area contributed by atoms with E-state index in [0.29, 0.717) is 36.1 Å². The fourth-order valence-corrected chi connectivity index (χ4v) is 10.2. The summed E-state index contributed by atoms with van der Waals surface area (Å²) in [6.45, 7) is 11.1. The summed E-state index contributed by atoms with van der Waals surface area (Å²) in [6, 6.07) is 27.9. The van der Waals surface area contributed by atoms with Crippen LogP contribution < -0.4 is 10.6 Å². The molecule has 0 saturated heterocycles. The minimum absolute atomic E-state index is 0.0628. The van der Waals surface area contributed by atoms with E-state index in [2.05, 4.69) is 74.7 Å². The molecule has 0 radical (unpaired) electrons. The predicted octanol–water partition coefficient (Wildman–Crippen LogP) is 13.1. The number of carbonyl (C=O) groups excluding carboxylic acids is 3. The third kappa shape index (κ3) is 12.8. The smallest absolute Gasteiger partial charge is 0.307 e. The number of nitrogens with zero attached hydrogens (tertiary/aromatic N) is 2. The number of aryl methyl sites for hydroxylation is 4. The van der Waals surface area contributed by atoms with Gasteiger partial charge < -0.3 is 39.1 Å². The van der Waals surface area contributed by atoms with E-state index in [1.54, 1.807) is 38.1 Å². The molecule has 0 bridgehead atoms. The first-order chi connectivity index (χ1) is 33.7. The van der Waals surface area contributed by atoms with E-state index in [9.17, 15) is 19.2 Å². The SMILES string of the molecule is CCOC(=O)CCN(C)C(=O)c1ccc(NC(c2oc3ccc(C)cc3c2C)C2CCCCC2)cc1.Cc1ccc2oc(C(Nc3ccc(C(=O)N(C)CCC(=O)O)cc3)C3CCCCC3)c(C)c2c1. The fourth-order valence-electron chi connectivity index (χ4n) is 10.2. The Morgan fingerprint density at radius 1 is 0.600 bits per heavy atom. The standard InChI is InChI=1S/C30H38N2O4.C28H34N2O4/c1-5-35-27(33)17-18-32(4)30(34)23-12-14-24(15-13-23)31-28(22-9-7-6-8-10-22)29-21(3)25-19-20(2)11-16-26(25)36-29;1-18-9-14-24-23(17-18)19(2)27(34-24)26(20-7-5-4-6-8-20)29-22-12-10-21(11-13-22)28(33)30(3)16-15-25(31)32/h11-16,19,22,28,31H,5-10,17-18H2,1-4H3;9-14,17,20,26,29H,4-8,15-16H2,1-3H3,(H,31,32). The molecule has 2 saturated carbocycles. The van der Waals surface area contributed by atoms with E-state index in [4.69, 9.17) is 18.7 Å². The Kier molecular flexibility index (Phi) is 17.5. The number of hydrogen-bond acceptors (Lipinski definition) is 9. The van der Waals surface area contributed by atoms with E-state index in [-0.39, 0.29) is 49.3 Å². The first-order valence-electron chi connectivity index (χ1n) is 25.3. The van der Waals surface area contributed by atoms with Crippen LogP contribution in [0.5, 0.6) is 0 Å². The normalized spacial score (nSPS) is 15.1. The molecule has 2 aromatic heterocycles. The average molecular weight is 953 g/mol. The third-order valence-electron chi connectivity index (χ3n) is 14.3. The molecule has 2 fully saturated rings. The number of hydrogen-bond donors (Lipinski definition) is 3. The van der Waals surface area contributed by atoms with Crippen LogP contribution in [-0.2, 0) is 14.3 Å². The van der Waals surface area contributed by atoms with Crippen molar-refractivity contribution in [2.75, 3.05) is 44.4 Å². The van der Waals surface area contributed by atoms with Crippen molar-refractivity contribution < 1.29 is 37.9 Å². The zero-order chi connectivity index (χ0) is 49.9. The highest BCUT2D eigenvalue weighted by atomic mass is 16.5. The molecule has 2 atom stereocenters. The molecule has 4 aromatic carbocycles. The molecule has 2 heterocycles. The van der Waals surface area contributed by atoms with Crippen LogP contribution in [0.2, 0.25) is 0 Å². The highest BCUT2D eigenvalue weighted by Gasteiger charge is 2.32. The van der Waals surface area contributed by atoms with Gasteiger partial charge in [0.25, 0.3) is 11.8 Å². The number of esters is 1. The number of amides is 2. The van der Waals surface area contributed by atoms with Crippen molar-refractivity contribution in [3.63, 3.8) is 0 Å². The number of carboxylic acid groups (broad SMARTS) is 1. The Balaban J connectivity index is 0.000000207. The van der Waals surface area contributed by atoms with Gasteiger partial charge in [0, 0.05) is 71.6 Å². The van der Waals surface area contributed by atoms with Crippen LogP contribution in [0.3, 0.4) is 0 Å². The van der Waals surface area contributed by atoms with E-state index in [0.717, 1.165) is 46.9 Å². The minimum Gasteiger partial charge on any atom is -0.481 e. The average Bonchev–Trinajstić information content (AvgIpc) is 3.87. The number of aliphatic carboxylic acids is 1. The van der Waals surface area contributed by atoms with E-state index < -0.39 is 5.97 Å². The van der Waals surface area contributed by atoms with Gasteiger partial charge in [0.15, 0.2) is 0 Å². The lowest BCUT2D eigenvalue weighted by Gasteiger charge is -2.31. The summed E-state index contributed by atoms with van der Waals surface area (Å²) < 4.78 is 17.8. The Morgan fingerprint density at radius 3 is 1.39 bits per heavy atom. The molecule has 2 unspecified atom stereocenters. The maximum atomic E-state index is 12.8. The number of benzene rings is 4. The molecule has 0 spiro atoms. The van der Waals surface area contributed by atoms with Gasteiger partial charge in [0.1, 0.15) is 22.7 Å². The largest absolute Gasteiger partial charge is 0.481 e. The zero-order valence-electron chi connectivity index (χ0n) is 42.2. The van der Waals surface area contributed by atoms with Gasteiger partial charge in [0.05, 0.1) is 31.5 Å². The number of nitrogens with one attached hydrogen (secondary N) is 2. The summed E-state index contributed by atoms with van der Waals surface area (Å²) in [5.74, 6) is 1.50. The molecule has 2 aliphatic carbocycles. The molecule has 3 N–H and O–H groups in total. The topological polar surface area (TPSA) is 155 Å². The third-order valence-corrected chi connectivity index (χ3v) is 14.3. The van der Waals surface area contributed by atoms with Crippen molar-refractivity contribution in [2.24, 2.45) is 11.8 Å². The van der Waals surface area contributed by atoms with E-state index >= 15 is 0 Å². The predicted molar refractivity (Wildman–Crippen MR) is 278 cm³/mol. The summed E-state index contributed by atoms with van der Waals surface area (Å²) in [6.07, 6.45) is 12.3. The summed E-state index contributed by atoms with van der Waals surface area (Å²) >= 11 is 0. The molecule has 372 valence electrons. The van der Waals surface area contributed by atoms with Gasteiger partial charge >= 0.3 is 11.9 Å². The Hall–Kier alpha value is -6.56. The van der Waals surface area contributed by atoms with Crippen LogP contribution >= 0.6 is 0 Å². The monoisotopic (exact) mass is 953 g/mol. The van der Waals surface area contributed by atoms with Gasteiger partial charge in [-0.2, -0.15) is 0 Å². The van der Waals surface area contributed by atoms with Crippen molar-refractivity contribution in [1.29, 1.82) is 0 Å². The molecule has 70 heavy (non-hydrogen) atoms. The van der Waals surface area contributed by atoms with Crippen molar-refractivity contribution >= 4 is 57.1 Å². The molecule has 8 rings (SSSR count). The molecule has 6 aromatic rings. The molecule has 12 heteroatoms. The van der Waals surface area contributed by atoms with Gasteiger partial charge in [-0.05, 0) is 145 Å². The van der Waals surface area contributed by atoms with Crippen molar-refractivity contribution in [3.8, 4) is 0 Å². The van der Waals surface area contributed by atoms with Crippen LogP contribution in [0.25, 0.3) is 21.9 Å². The van der Waals surface area contributed by atoms with Gasteiger partial charge in [-0.25, -0.2) is 0 Å². The number of carbonyl (C=O) groups is 4. The number of ether oxygens (including phenoxy) is 1. The van der Waals surface area contributed by atoms with Gasteiger partial charge in [-0.1, -0.05) is 61.8 Å². The molecule has 12 nitrogen and oxygen atoms in total. The van der Waals surface area contributed by atoms with Crippen LogP contribution in [0.1, 0.15) is 151 Å². The first kappa shape index (κ1) is 51.3. The number of furan rings is 2. The van der Waals surface area contributed by atoms with Crippen molar-refractivity contribution in [2.45, 2.75) is 124 Å². The summed E-state index contributed by atoms with van der Waals surface area (Å²) in [4.78, 5) is 50.9. The molecular weight excluding hydrogens is 881 g/mol. The van der Waals surface area contributed by atoms with Crippen LogP contribution in [-0.4, -0.2) is 72.5 Å². The van der Waals surface area contributed by atoms with Crippen LogP contribution in [0, 0.1) is 39.5 Å².